The molecule has 0 saturated carbocycles. The number of nitrogens with zero attached hydrogens (tertiary/aromatic N) is 2. The highest BCUT2D eigenvalue weighted by Crippen LogP contribution is 2.29. The van der Waals surface area contributed by atoms with Gasteiger partial charge in [-0.15, -0.1) is 0 Å². The molecule has 140 valence electrons. The van der Waals surface area contributed by atoms with Crippen LogP contribution in [0.15, 0.2) is 47.1 Å². The highest BCUT2D eigenvalue weighted by molar-refractivity contribution is 5.94. The van der Waals surface area contributed by atoms with Gasteiger partial charge >= 0.3 is 0 Å². The fourth-order valence-electron chi connectivity index (χ4n) is 2.68. The van der Waals surface area contributed by atoms with Crippen LogP contribution in [0, 0.1) is 6.92 Å². The van der Waals surface area contributed by atoms with Crippen LogP contribution in [0.2, 0.25) is 0 Å². The molecule has 0 bridgehead atoms. The van der Waals surface area contributed by atoms with Gasteiger partial charge in [-0.25, -0.2) is 4.63 Å². The van der Waals surface area contributed by atoms with Crippen LogP contribution in [0.3, 0.4) is 0 Å². The Morgan fingerprint density at radius 2 is 1.93 bits per heavy atom. The minimum Gasteiger partial charge on any atom is -0.497 e. The molecule has 1 heterocycles. The molecule has 0 aliphatic carbocycles. The number of amides is 1. The summed E-state index contributed by atoms with van der Waals surface area (Å²) in [6.07, 6.45) is 0.207. The lowest BCUT2D eigenvalue weighted by atomic mass is 10.1. The first kappa shape index (κ1) is 18.4. The van der Waals surface area contributed by atoms with Crippen LogP contribution in [0.1, 0.15) is 18.1 Å². The zero-order chi connectivity index (χ0) is 19.2. The maximum atomic E-state index is 12.4. The Balaban J connectivity index is 1.72. The molecule has 1 N–H and O–H groups in total. The number of nitrogens with one attached hydrogen (secondary N) is 1. The number of anilines is 1. The third-order valence-electron chi connectivity index (χ3n) is 4.02. The highest BCUT2D eigenvalue weighted by atomic mass is 16.6. The SMILES string of the molecule is CCOc1ccc(-c2nonc2NC(=O)Cc2ccc(OC)cc2)cc1C. The van der Waals surface area contributed by atoms with E-state index in [0.29, 0.717) is 12.3 Å². The second kappa shape index (κ2) is 8.35. The van der Waals surface area contributed by atoms with Crippen molar-refractivity contribution in [1.29, 1.82) is 0 Å². The molecule has 0 saturated heterocycles. The number of ether oxygens (including phenoxy) is 2. The largest absolute Gasteiger partial charge is 0.497 e. The van der Waals surface area contributed by atoms with E-state index in [1.54, 1.807) is 7.11 Å². The highest BCUT2D eigenvalue weighted by Gasteiger charge is 2.16. The Kier molecular flexibility index (Phi) is 5.71. The number of aromatic nitrogens is 2. The maximum Gasteiger partial charge on any atom is 0.230 e. The predicted octanol–water partition coefficient (Wildman–Crippen LogP) is 3.63. The number of carbonyl (C=O) groups is 1. The lowest BCUT2D eigenvalue weighted by Gasteiger charge is -2.08. The second-order valence-corrected chi connectivity index (χ2v) is 5.95. The van der Waals surface area contributed by atoms with Crippen LogP contribution < -0.4 is 14.8 Å². The van der Waals surface area contributed by atoms with E-state index < -0.39 is 0 Å². The van der Waals surface area contributed by atoms with Gasteiger partial charge in [0.2, 0.25) is 11.7 Å². The molecule has 0 spiro atoms. The molecule has 0 atom stereocenters. The van der Waals surface area contributed by atoms with Gasteiger partial charge in [-0.3, -0.25) is 4.79 Å². The van der Waals surface area contributed by atoms with E-state index in [4.69, 9.17) is 14.1 Å². The zero-order valence-corrected chi connectivity index (χ0v) is 15.5. The number of hydrogen-bond donors (Lipinski definition) is 1. The number of benzene rings is 2. The second-order valence-electron chi connectivity index (χ2n) is 5.95. The number of aryl methyl sites for hydroxylation is 1. The summed E-state index contributed by atoms with van der Waals surface area (Å²) in [6.45, 7) is 4.48. The van der Waals surface area contributed by atoms with Gasteiger partial charge in [0.25, 0.3) is 0 Å². The number of hydrogen-bond acceptors (Lipinski definition) is 6. The van der Waals surface area contributed by atoms with Crippen molar-refractivity contribution in [3.63, 3.8) is 0 Å². The summed E-state index contributed by atoms with van der Waals surface area (Å²) in [5, 5.41) is 10.5. The first-order chi connectivity index (χ1) is 13.1. The smallest absolute Gasteiger partial charge is 0.230 e. The summed E-state index contributed by atoms with van der Waals surface area (Å²) in [4.78, 5) is 12.4. The minimum absolute atomic E-state index is 0.207. The standard InChI is InChI=1S/C20H21N3O4/c1-4-26-17-10-7-15(11-13(17)2)19-20(23-27-22-19)21-18(24)12-14-5-8-16(25-3)9-6-14/h5-11H,4,12H2,1-3H3,(H,21,23,24). The van der Waals surface area contributed by atoms with E-state index in [1.807, 2.05) is 56.3 Å². The fraction of sp³-hybridized carbons (Fsp3) is 0.250. The summed E-state index contributed by atoms with van der Waals surface area (Å²) in [7, 11) is 1.60. The van der Waals surface area contributed by atoms with E-state index >= 15 is 0 Å². The average molecular weight is 367 g/mol. The topological polar surface area (TPSA) is 86.5 Å². The molecule has 0 radical (unpaired) electrons. The lowest BCUT2D eigenvalue weighted by molar-refractivity contribution is -0.115. The first-order valence-electron chi connectivity index (χ1n) is 8.60. The minimum atomic E-state index is -0.209. The summed E-state index contributed by atoms with van der Waals surface area (Å²) in [6, 6.07) is 13.0. The van der Waals surface area contributed by atoms with E-state index in [-0.39, 0.29) is 18.1 Å². The van der Waals surface area contributed by atoms with Crippen molar-refractivity contribution in [3.8, 4) is 22.8 Å². The number of carbonyl (C=O) groups excluding carboxylic acids is 1. The van der Waals surface area contributed by atoms with E-state index in [0.717, 1.165) is 28.2 Å². The summed E-state index contributed by atoms with van der Waals surface area (Å²) in [5.74, 6) is 1.63. The third-order valence-corrected chi connectivity index (χ3v) is 4.02. The molecule has 0 aliphatic heterocycles. The van der Waals surface area contributed by atoms with Crippen molar-refractivity contribution in [1.82, 2.24) is 10.3 Å². The zero-order valence-electron chi connectivity index (χ0n) is 15.5. The molecule has 3 aromatic rings. The van der Waals surface area contributed by atoms with Crippen LogP contribution in [0.5, 0.6) is 11.5 Å². The van der Waals surface area contributed by atoms with E-state index in [9.17, 15) is 4.79 Å². The van der Waals surface area contributed by atoms with E-state index in [2.05, 4.69) is 15.6 Å². The maximum absolute atomic E-state index is 12.4. The van der Waals surface area contributed by atoms with Crippen LogP contribution in [-0.4, -0.2) is 29.9 Å². The van der Waals surface area contributed by atoms with Gasteiger partial charge in [-0.2, -0.15) is 0 Å². The average Bonchev–Trinajstić information content (AvgIpc) is 3.12. The Bertz CT molecular complexity index is 919. The molecule has 2 aromatic carbocycles. The molecule has 0 fully saturated rings. The monoisotopic (exact) mass is 367 g/mol. The predicted molar refractivity (Wildman–Crippen MR) is 101 cm³/mol. The molecular weight excluding hydrogens is 346 g/mol. The molecule has 1 amide bonds. The molecule has 0 unspecified atom stereocenters. The molecular formula is C20H21N3O4. The van der Waals surface area contributed by atoms with Crippen molar-refractivity contribution in [2.75, 3.05) is 19.0 Å². The Labute approximate surface area is 157 Å². The van der Waals surface area contributed by atoms with Crippen LogP contribution in [0.25, 0.3) is 11.3 Å². The van der Waals surface area contributed by atoms with Gasteiger partial charge in [-0.05, 0) is 65.6 Å². The van der Waals surface area contributed by atoms with Gasteiger partial charge in [0.1, 0.15) is 11.5 Å². The van der Waals surface area contributed by atoms with Crippen LogP contribution in [0.4, 0.5) is 5.82 Å². The number of rotatable bonds is 7. The third kappa shape index (κ3) is 4.44. The van der Waals surface area contributed by atoms with E-state index in [1.165, 1.54) is 0 Å². The van der Waals surface area contributed by atoms with Gasteiger partial charge < -0.3 is 14.8 Å². The van der Waals surface area contributed by atoms with Crippen molar-refractivity contribution in [3.05, 3.63) is 53.6 Å². The molecule has 7 heteroatoms. The van der Waals surface area contributed by atoms with Crippen molar-refractivity contribution in [2.45, 2.75) is 20.3 Å². The fourth-order valence-corrected chi connectivity index (χ4v) is 2.68. The lowest BCUT2D eigenvalue weighted by Crippen LogP contribution is -2.15. The number of methoxy groups -OCH3 is 1. The Hall–Kier alpha value is -3.35. The molecule has 27 heavy (non-hydrogen) atoms. The van der Waals surface area contributed by atoms with Crippen LogP contribution in [-0.2, 0) is 11.2 Å². The van der Waals surface area contributed by atoms with Gasteiger partial charge in [-0.1, -0.05) is 12.1 Å². The van der Waals surface area contributed by atoms with Crippen molar-refractivity contribution in [2.24, 2.45) is 0 Å². The van der Waals surface area contributed by atoms with Gasteiger partial charge in [0, 0.05) is 5.56 Å². The Morgan fingerprint density at radius 3 is 2.59 bits per heavy atom. The van der Waals surface area contributed by atoms with Gasteiger partial charge in [0.05, 0.1) is 20.1 Å². The molecule has 1 aromatic heterocycles. The summed E-state index contributed by atoms with van der Waals surface area (Å²) >= 11 is 0. The van der Waals surface area contributed by atoms with Crippen molar-refractivity contribution < 1.29 is 18.9 Å². The van der Waals surface area contributed by atoms with Gasteiger partial charge in [0.15, 0.2) is 5.69 Å². The molecule has 7 nitrogen and oxygen atoms in total. The van der Waals surface area contributed by atoms with Crippen molar-refractivity contribution >= 4 is 11.7 Å². The molecule has 3 rings (SSSR count). The quantitative estimate of drug-likeness (QED) is 0.686. The molecule has 0 aliphatic rings. The normalized spacial score (nSPS) is 10.5. The summed E-state index contributed by atoms with van der Waals surface area (Å²) in [5.41, 5.74) is 3.09. The van der Waals surface area contributed by atoms with Crippen LogP contribution >= 0.6 is 0 Å². The summed E-state index contributed by atoms with van der Waals surface area (Å²) < 4.78 is 15.5. The first-order valence-corrected chi connectivity index (χ1v) is 8.60. The Morgan fingerprint density at radius 1 is 1.15 bits per heavy atom.